The summed E-state index contributed by atoms with van der Waals surface area (Å²) in [4.78, 5) is 0. The van der Waals surface area contributed by atoms with Gasteiger partial charge in [-0.1, -0.05) is 53.5 Å². The number of imidazole rings is 1. The zero-order valence-corrected chi connectivity index (χ0v) is 15.3. The van der Waals surface area contributed by atoms with Crippen molar-refractivity contribution in [1.82, 2.24) is 9.13 Å². The van der Waals surface area contributed by atoms with Crippen molar-refractivity contribution in [3.63, 3.8) is 0 Å². The quantitative estimate of drug-likeness (QED) is 0.653. The number of unbranched alkanes of at least 4 members (excludes halogenated alkanes) is 1. The van der Waals surface area contributed by atoms with Gasteiger partial charge in [-0.2, -0.15) is 0 Å². The zero-order valence-electron chi connectivity index (χ0n) is 13.7. The smallest absolute Gasteiger partial charge is 0.203 e. The van der Waals surface area contributed by atoms with Crippen molar-refractivity contribution in [2.45, 2.75) is 39.0 Å². The highest BCUT2D eigenvalue weighted by atomic mass is 79.9. The molecule has 0 radical (unpaired) electrons. The lowest BCUT2D eigenvalue weighted by atomic mass is 10.1. The van der Waals surface area contributed by atoms with Crippen LogP contribution in [0.15, 0.2) is 53.0 Å². The predicted molar refractivity (Wildman–Crippen MR) is 99.8 cm³/mol. The molecule has 0 amide bonds. The van der Waals surface area contributed by atoms with E-state index in [1.165, 1.54) is 0 Å². The highest BCUT2D eigenvalue weighted by Gasteiger charge is 2.14. The molecule has 0 aliphatic heterocycles. The van der Waals surface area contributed by atoms with E-state index in [-0.39, 0.29) is 0 Å². The number of hydrogen-bond acceptors (Lipinski definition) is 2. The van der Waals surface area contributed by atoms with Crippen molar-refractivity contribution >= 4 is 27.0 Å². The van der Waals surface area contributed by atoms with Crippen molar-refractivity contribution in [1.29, 1.82) is 5.41 Å². The Morgan fingerprint density at radius 2 is 1.67 bits per heavy atom. The van der Waals surface area contributed by atoms with Crippen molar-refractivity contribution in [3.05, 3.63) is 64.2 Å². The summed E-state index contributed by atoms with van der Waals surface area (Å²) < 4.78 is 4.92. The minimum absolute atomic E-state index is 0.375. The largest absolute Gasteiger partial charge is 0.387 e. The molecule has 1 atom stereocenters. The fraction of sp³-hybridized carbons (Fsp3) is 0.316. The summed E-state index contributed by atoms with van der Waals surface area (Å²) in [7, 11) is 0. The predicted octanol–water partition coefficient (Wildman–Crippen LogP) is 4.22. The lowest BCUT2D eigenvalue weighted by Crippen LogP contribution is -2.26. The Bertz CT molecular complexity index is 880. The van der Waals surface area contributed by atoms with Crippen LogP contribution in [0.25, 0.3) is 11.0 Å². The van der Waals surface area contributed by atoms with Crippen LogP contribution in [0, 0.1) is 5.41 Å². The van der Waals surface area contributed by atoms with E-state index in [2.05, 4.69) is 22.9 Å². The minimum atomic E-state index is -0.641. The van der Waals surface area contributed by atoms with Gasteiger partial charge >= 0.3 is 0 Å². The first-order valence-corrected chi connectivity index (χ1v) is 9.07. The van der Waals surface area contributed by atoms with E-state index in [9.17, 15) is 5.11 Å². The Balaban J connectivity index is 1.98. The lowest BCUT2D eigenvalue weighted by Gasteiger charge is -2.13. The molecular weight excluding hydrogens is 366 g/mol. The Labute approximate surface area is 150 Å². The van der Waals surface area contributed by atoms with Gasteiger partial charge < -0.3 is 14.2 Å². The van der Waals surface area contributed by atoms with E-state index in [0.29, 0.717) is 12.2 Å². The summed E-state index contributed by atoms with van der Waals surface area (Å²) in [6, 6.07) is 15.7. The first-order valence-electron chi connectivity index (χ1n) is 8.28. The molecular formula is C19H22BrN3O. The van der Waals surface area contributed by atoms with Crippen LogP contribution < -0.4 is 5.62 Å². The molecule has 126 valence electrons. The molecule has 0 unspecified atom stereocenters. The fourth-order valence-corrected chi connectivity index (χ4v) is 3.25. The van der Waals surface area contributed by atoms with Crippen LogP contribution in [-0.2, 0) is 13.1 Å². The Morgan fingerprint density at radius 1 is 1.04 bits per heavy atom. The topological polar surface area (TPSA) is 53.9 Å². The number of hydrogen-bond donors (Lipinski definition) is 2. The van der Waals surface area contributed by atoms with Gasteiger partial charge in [-0.15, -0.1) is 0 Å². The zero-order chi connectivity index (χ0) is 17.1. The standard InChI is InChI=1S/C19H22BrN3O/c1-2-3-12-22-16-6-4-5-7-17(16)23(19(22)21)13-18(24)14-8-10-15(20)11-9-14/h4-11,18,21,24H,2-3,12-13H2,1H3/t18-/m0/s1. The number of rotatable bonds is 6. The molecule has 3 rings (SSSR count). The first-order chi connectivity index (χ1) is 11.6. The van der Waals surface area contributed by atoms with Crippen LogP contribution >= 0.6 is 15.9 Å². The number of benzene rings is 2. The molecule has 3 aromatic rings. The van der Waals surface area contributed by atoms with Gasteiger partial charge in [0.2, 0.25) is 5.62 Å². The van der Waals surface area contributed by atoms with Crippen LogP contribution in [0.3, 0.4) is 0 Å². The molecule has 2 aromatic carbocycles. The van der Waals surface area contributed by atoms with Gasteiger partial charge in [-0.05, 0) is 36.2 Å². The number of aromatic nitrogens is 2. The van der Waals surface area contributed by atoms with Gasteiger partial charge in [0.05, 0.1) is 23.7 Å². The van der Waals surface area contributed by atoms with Crippen molar-refractivity contribution in [2.24, 2.45) is 0 Å². The van der Waals surface area contributed by atoms with E-state index in [1.807, 2.05) is 57.7 Å². The number of aliphatic hydroxyl groups excluding tert-OH is 1. The molecule has 0 saturated carbocycles. The van der Waals surface area contributed by atoms with Crippen molar-refractivity contribution < 1.29 is 5.11 Å². The Hall–Kier alpha value is -1.85. The average Bonchev–Trinajstić information content (AvgIpc) is 2.85. The van der Waals surface area contributed by atoms with Gasteiger partial charge in [0.25, 0.3) is 0 Å². The van der Waals surface area contributed by atoms with Crippen LogP contribution in [-0.4, -0.2) is 14.2 Å². The molecule has 0 bridgehead atoms. The minimum Gasteiger partial charge on any atom is -0.387 e. The molecule has 0 spiro atoms. The highest BCUT2D eigenvalue weighted by molar-refractivity contribution is 9.10. The first kappa shape index (κ1) is 17.0. The average molecular weight is 388 g/mol. The van der Waals surface area contributed by atoms with Gasteiger partial charge in [-0.3, -0.25) is 5.41 Å². The third kappa shape index (κ3) is 3.32. The second kappa shape index (κ2) is 7.36. The summed E-state index contributed by atoms with van der Waals surface area (Å²) in [6.45, 7) is 3.36. The molecule has 0 aliphatic carbocycles. The molecule has 24 heavy (non-hydrogen) atoms. The fourth-order valence-electron chi connectivity index (χ4n) is 2.99. The van der Waals surface area contributed by atoms with Crippen LogP contribution in [0.5, 0.6) is 0 Å². The second-order valence-electron chi connectivity index (χ2n) is 6.00. The summed E-state index contributed by atoms with van der Waals surface area (Å²) in [5, 5.41) is 19.2. The molecule has 5 heteroatoms. The van der Waals surface area contributed by atoms with E-state index >= 15 is 0 Å². The second-order valence-corrected chi connectivity index (χ2v) is 6.91. The maximum absolute atomic E-state index is 10.6. The maximum Gasteiger partial charge on any atom is 0.203 e. The maximum atomic E-state index is 10.6. The van der Waals surface area contributed by atoms with Gasteiger partial charge in [0.15, 0.2) is 0 Å². The Morgan fingerprint density at radius 3 is 2.29 bits per heavy atom. The van der Waals surface area contributed by atoms with Crippen LogP contribution in [0.1, 0.15) is 31.4 Å². The lowest BCUT2D eigenvalue weighted by molar-refractivity contribution is 0.155. The molecule has 1 heterocycles. The summed E-state index contributed by atoms with van der Waals surface area (Å²) in [6.07, 6.45) is 1.49. The summed E-state index contributed by atoms with van der Waals surface area (Å²) in [5.41, 5.74) is 3.35. The monoisotopic (exact) mass is 387 g/mol. The molecule has 2 N–H and O–H groups in total. The van der Waals surface area contributed by atoms with Crippen molar-refractivity contribution in [3.8, 4) is 0 Å². The van der Waals surface area contributed by atoms with E-state index in [1.54, 1.807) is 0 Å². The van der Waals surface area contributed by atoms with Crippen LogP contribution in [0.2, 0.25) is 0 Å². The molecule has 4 nitrogen and oxygen atoms in total. The number of nitrogens with one attached hydrogen (secondary N) is 1. The molecule has 1 aromatic heterocycles. The SMILES string of the molecule is CCCCn1c(=N)n(C[C@H](O)c2ccc(Br)cc2)c2ccccc21. The van der Waals surface area contributed by atoms with Crippen LogP contribution in [0.4, 0.5) is 0 Å². The summed E-state index contributed by atoms with van der Waals surface area (Å²) in [5.74, 6) is 0. The van der Waals surface area contributed by atoms with Gasteiger partial charge in [0, 0.05) is 11.0 Å². The third-order valence-corrected chi connectivity index (χ3v) is 4.85. The number of nitrogens with zero attached hydrogens (tertiary/aromatic N) is 2. The number of para-hydroxylation sites is 2. The van der Waals surface area contributed by atoms with E-state index in [4.69, 9.17) is 5.41 Å². The van der Waals surface area contributed by atoms with E-state index < -0.39 is 6.10 Å². The molecule has 0 saturated heterocycles. The highest BCUT2D eigenvalue weighted by Crippen LogP contribution is 2.20. The molecule has 0 fully saturated rings. The van der Waals surface area contributed by atoms with E-state index in [0.717, 1.165) is 40.5 Å². The molecule has 0 aliphatic rings. The summed E-state index contributed by atoms with van der Waals surface area (Å²) >= 11 is 3.41. The number of aliphatic hydroxyl groups is 1. The number of aryl methyl sites for hydroxylation is 1. The van der Waals surface area contributed by atoms with Gasteiger partial charge in [-0.25, -0.2) is 0 Å². The normalized spacial score (nSPS) is 12.6. The number of halogens is 1. The van der Waals surface area contributed by atoms with Crippen molar-refractivity contribution in [2.75, 3.05) is 0 Å². The number of fused-ring (bicyclic) bond motifs is 1. The Kier molecular flexibility index (Phi) is 5.21. The van der Waals surface area contributed by atoms with Gasteiger partial charge in [0.1, 0.15) is 0 Å². The third-order valence-electron chi connectivity index (χ3n) is 4.32.